The van der Waals surface area contributed by atoms with E-state index in [0.29, 0.717) is 19.8 Å². The minimum Gasteiger partial charge on any atom is -0.206 e. The summed E-state index contributed by atoms with van der Waals surface area (Å²) in [4.78, 5) is 0.572. The molecule has 0 aliphatic heterocycles. The molecule has 2 aromatic rings. The van der Waals surface area contributed by atoms with Crippen LogP contribution in [-0.2, 0) is 6.18 Å². The van der Waals surface area contributed by atoms with Gasteiger partial charge in [0, 0.05) is 4.88 Å². The smallest absolute Gasteiger partial charge is 0.206 e. The van der Waals surface area contributed by atoms with Gasteiger partial charge in [0.1, 0.15) is 5.82 Å². The SMILES string of the molecule is Fc1ccc(C(Cl)c2cc(Cl)c(Br)s2)cc1C(F)(F)F. The van der Waals surface area contributed by atoms with Crippen LogP contribution in [0.1, 0.15) is 21.4 Å². The topological polar surface area (TPSA) is 0 Å². The first kappa shape index (κ1) is 16.1. The van der Waals surface area contributed by atoms with Crippen LogP contribution in [0.2, 0.25) is 5.02 Å². The normalized spacial score (nSPS) is 13.6. The number of benzene rings is 1. The van der Waals surface area contributed by atoms with Gasteiger partial charge in [-0.15, -0.1) is 22.9 Å². The molecule has 8 heteroatoms. The maximum absolute atomic E-state index is 13.2. The fourth-order valence-corrected chi connectivity index (χ4v) is 3.66. The maximum Gasteiger partial charge on any atom is 0.419 e. The first-order chi connectivity index (χ1) is 9.20. The predicted octanol–water partition coefficient (Wildman–Crippen LogP) is 6.65. The second-order valence-electron chi connectivity index (χ2n) is 3.87. The highest BCUT2D eigenvalue weighted by molar-refractivity contribution is 9.11. The number of hydrogen-bond donors (Lipinski definition) is 0. The fourth-order valence-electron chi connectivity index (χ4n) is 1.57. The largest absolute Gasteiger partial charge is 0.419 e. The van der Waals surface area contributed by atoms with E-state index < -0.39 is 22.9 Å². The number of rotatable bonds is 2. The second kappa shape index (κ2) is 5.83. The summed E-state index contributed by atoms with van der Waals surface area (Å²) >= 11 is 16.4. The average Bonchev–Trinajstić information content (AvgIpc) is 2.68. The van der Waals surface area contributed by atoms with Crippen molar-refractivity contribution >= 4 is 50.5 Å². The van der Waals surface area contributed by atoms with Gasteiger partial charge in [-0.2, -0.15) is 13.2 Å². The van der Waals surface area contributed by atoms with E-state index in [1.54, 1.807) is 6.07 Å². The van der Waals surface area contributed by atoms with Gasteiger partial charge in [0.05, 0.1) is 19.7 Å². The Morgan fingerprint density at radius 3 is 2.35 bits per heavy atom. The summed E-state index contributed by atoms with van der Waals surface area (Å²) in [6, 6.07) is 4.26. The summed E-state index contributed by atoms with van der Waals surface area (Å²) in [5.41, 5.74) is -1.17. The Kier molecular flexibility index (Phi) is 4.69. The third-order valence-corrected chi connectivity index (χ3v) is 5.66. The number of hydrogen-bond acceptors (Lipinski definition) is 1. The maximum atomic E-state index is 13.2. The quantitative estimate of drug-likeness (QED) is 0.386. The van der Waals surface area contributed by atoms with Gasteiger partial charge in [-0.05, 0) is 39.7 Å². The average molecular weight is 408 g/mol. The standard InChI is InChI=1S/C12H5BrCl2F4S/c13-11-7(14)4-9(20-11)10(15)5-1-2-8(16)6(3-5)12(17,18)19/h1-4,10H. The van der Waals surface area contributed by atoms with Crippen molar-refractivity contribution in [2.24, 2.45) is 0 Å². The molecule has 1 heterocycles. The summed E-state index contributed by atoms with van der Waals surface area (Å²) in [5, 5.41) is -0.403. The van der Waals surface area contributed by atoms with Gasteiger partial charge in [-0.3, -0.25) is 0 Å². The van der Waals surface area contributed by atoms with Crippen molar-refractivity contribution in [2.45, 2.75) is 11.6 Å². The zero-order chi connectivity index (χ0) is 15.1. The highest BCUT2D eigenvalue weighted by Gasteiger charge is 2.34. The van der Waals surface area contributed by atoms with Crippen LogP contribution in [0.25, 0.3) is 0 Å². The molecule has 1 aromatic heterocycles. The molecule has 1 atom stereocenters. The van der Waals surface area contributed by atoms with Crippen molar-refractivity contribution in [1.29, 1.82) is 0 Å². The molecule has 0 aliphatic carbocycles. The van der Waals surface area contributed by atoms with Gasteiger partial charge >= 0.3 is 6.18 Å². The molecule has 1 unspecified atom stereocenters. The Hall–Kier alpha value is -0.300. The predicted molar refractivity (Wildman–Crippen MR) is 76.1 cm³/mol. The van der Waals surface area contributed by atoms with Gasteiger partial charge < -0.3 is 0 Å². The molecule has 20 heavy (non-hydrogen) atoms. The van der Waals surface area contributed by atoms with Crippen molar-refractivity contribution in [2.75, 3.05) is 0 Å². The highest BCUT2D eigenvalue weighted by Crippen LogP contribution is 2.41. The van der Waals surface area contributed by atoms with E-state index in [0.717, 1.165) is 6.07 Å². The molecule has 0 saturated carbocycles. The van der Waals surface area contributed by atoms with E-state index in [2.05, 4.69) is 15.9 Å². The van der Waals surface area contributed by atoms with E-state index >= 15 is 0 Å². The third kappa shape index (κ3) is 3.30. The molecular formula is C12H5BrCl2F4S. The lowest BCUT2D eigenvalue weighted by Crippen LogP contribution is -2.09. The fraction of sp³-hybridized carbons (Fsp3) is 0.167. The van der Waals surface area contributed by atoms with E-state index in [9.17, 15) is 17.6 Å². The molecule has 0 spiro atoms. The number of alkyl halides is 4. The van der Waals surface area contributed by atoms with E-state index in [1.165, 1.54) is 17.4 Å². The first-order valence-corrected chi connectivity index (χ1v) is 7.58. The Bertz CT molecular complexity index is 619. The molecule has 0 saturated heterocycles. The number of halogens is 7. The van der Waals surface area contributed by atoms with Crippen LogP contribution in [0.5, 0.6) is 0 Å². The molecule has 0 N–H and O–H groups in total. The van der Waals surface area contributed by atoms with E-state index in [4.69, 9.17) is 23.2 Å². The lowest BCUT2D eigenvalue weighted by atomic mass is 10.1. The molecule has 0 aliphatic rings. The third-order valence-electron chi connectivity index (χ3n) is 2.50. The Morgan fingerprint density at radius 1 is 1.20 bits per heavy atom. The van der Waals surface area contributed by atoms with Crippen molar-refractivity contribution in [1.82, 2.24) is 0 Å². The van der Waals surface area contributed by atoms with Crippen LogP contribution in [0, 0.1) is 5.82 Å². The van der Waals surface area contributed by atoms with E-state index in [-0.39, 0.29) is 5.56 Å². The molecule has 0 fully saturated rings. The molecule has 0 bridgehead atoms. The van der Waals surface area contributed by atoms with Gasteiger partial charge in [-0.25, -0.2) is 4.39 Å². The van der Waals surface area contributed by atoms with Gasteiger partial charge in [0.2, 0.25) is 0 Å². The molecule has 108 valence electrons. The molecular weight excluding hydrogens is 403 g/mol. The monoisotopic (exact) mass is 406 g/mol. The minimum atomic E-state index is -4.76. The zero-order valence-electron chi connectivity index (χ0n) is 9.44. The van der Waals surface area contributed by atoms with Crippen LogP contribution in [0.15, 0.2) is 28.1 Å². The Labute approximate surface area is 134 Å². The van der Waals surface area contributed by atoms with Gasteiger partial charge in [-0.1, -0.05) is 17.7 Å². The van der Waals surface area contributed by atoms with Crippen LogP contribution >= 0.6 is 50.5 Å². The lowest BCUT2D eigenvalue weighted by molar-refractivity contribution is -0.140. The first-order valence-electron chi connectivity index (χ1n) is 5.15. The van der Waals surface area contributed by atoms with Crippen LogP contribution in [0.4, 0.5) is 17.6 Å². The molecule has 1 aromatic carbocycles. The van der Waals surface area contributed by atoms with Gasteiger partial charge in [0.15, 0.2) is 0 Å². The van der Waals surface area contributed by atoms with E-state index in [1.807, 2.05) is 0 Å². The summed E-state index contributed by atoms with van der Waals surface area (Å²) in [7, 11) is 0. The van der Waals surface area contributed by atoms with Crippen molar-refractivity contribution in [3.63, 3.8) is 0 Å². The minimum absolute atomic E-state index is 0.158. The van der Waals surface area contributed by atoms with Crippen LogP contribution in [0.3, 0.4) is 0 Å². The summed E-state index contributed by atoms with van der Waals surface area (Å²) in [6.07, 6.45) is -4.76. The van der Waals surface area contributed by atoms with Crippen molar-refractivity contribution in [3.05, 3.63) is 54.9 Å². The summed E-state index contributed by atoms with van der Waals surface area (Å²) in [6.45, 7) is 0. The molecule has 0 nitrogen and oxygen atoms in total. The van der Waals surface area contributed by atoms with Crippen molar-refractivity contribution in [3.8, 4) is 0 Å². The van der Waals surface area contributed by atoms with Gasteiger partial charge in [0.25, 0.3) is 0 Å². The summed E-state index contributed by atoms with van der Waals surface area (Å²) in [5.74, 6) is -1.32. The van der Waals surface area contributed by atoms with Crippen LogP contribution in [-0.4, -0.2) is 0 Å². The highest BCUT2D eigenvalue weighted by atomic mass is 79.9. The lowest BCUT2D eigenvalue weighted by Gasteiger charge is -2.12. The Balaban J connectivity index is 2.43. The summed E-state index contributed by atoms with van der Waals surface area (Å²) < 4.78 is 51.8. The molecule has 2 rings (SSSR count). The number of thiophene rings is 1. The second-order valence-corrected chi connectivity index (χ2v) is 7.12. The van der Waals surface area contributed by atoms with Crippen molar-refractivity contribution < 1.29 is 17.6 Å². The molecule has 0 amide bonds. The zero-order valence-corrected chi connectivity index (χ0v) is 13.4. The molecule has 0 radical (unpaired) electrons. The van der Waals surface area contributed by atoms with Crippen LogP contribution < -0.4 is 0 Å². The Morgan fingerprint density at radius 2 is 1.85 bits per heavy atom.